The third kappa shape index (κ3) is 2.11. The van der Waals surface area contributed by atoms with E-state index in [1.165, 1.54) is 21.5 Å². The van der Waals surface area contributed by atoms with Gasteiger partial charge >= 0.3 is 0 Å². The van der Waals surface area contributed by atoms with Gasteiger partial charge < -0.3 is 0 Å². The number of hydrogen-bond donors (Lipinski definition) is 0. The Morgan fingerprint density at radius 2 is 1.31 bits per heavy atom. The van der Waals surface area contributed by atoms with Crippen molar-refractivity contribution in [1.29, 1.82) is 0 Å². The molecule has 0 saturated heterocycles. The van der Waals surface area contributed by atoms with E-state index in [0.717, 1.165) is 0 Å². The fourth-order valence-electron chi connectivity index (χ4n) is 1.25. The van der Waals surface area contributed by atoms with E-state index in [-0.39, 0.29) is 0 Å². The summed E-state index contributed by atoms with van der Waals surface area (Å²) in [6, 6.07) is 10.9. The molecule has 0 aromatic heterocycles. The molecule has 0 unspecified atom stereocenters. The smallest absolute Gasteiger partial charge is 0.0209 e. The van der Waals surface area contributed by atoms with Crippen LogP contribution in [-0.4, -0.2) is 0 Å². The van der Waals surface area contributed by atoms with Crippen LogP contribution in [0.25, 0.3) is 10.8 Å². The Bertz CT molecular complexity index is 463. The molecule has 3 heteroatoms. The standard InChI is InChI=1S/C10H5I3/c11-6-1-2-7-8(5-6)10(13)4-3-9(7)12/h1-5H. The largest absolute Gasteiger partial charge is 0.0522 e. The maximum absolute atomic E-state index is 2.38. The van der Waals surface area contributed by atoms with Crippen LogP contribution in [0.3, 0.4) is 0 Å². The van der Waals surface area contributed by atoms with E-state index < -0.39 is 0 Å². The van der Waals surface area contributed by atoms with Crippen molar-refractivity contribution in [3.63, 3.8) is 0 Å². The fourth-order valence-corrected chi connectivity index (χ4v) is 3.02. The Morgan fingerprint density at radius 3 is 2.00 bits per heavy atom. The fraction of sp³-hybridized carbons (Fsp3) is 0. The maximum Gasteiger partial charge on any atom is 0.0209 e. The zero-order valence-electron chi connectivity index (χ0n) is 6.52. The minimum absolute atomic E-state index is 1.30. The van der Waals surface area contributed by atoms with Gasteiger partial charge in [0.15, 0.2) is 0 Å². The molecule has 13 heavy (non-hydrogen) atoms. The molecule has 0 amide bonds. The van der Waals surface area contributed by atoms with Crippen LogP contribution in [-0.2, 0) is 0 Å². The second-order valence-electron chi connectivity index (χ2n) is 2.72. The molecule has 0 fully saturated rings. The summed E-state index contributed by atoms with van der Waals surface area (Å²) in [5.74, 6) is 0. The first-order valence-electron chi connectivity index (χ1n) is 3.72. The van der Waals surface area contributed by atoms with E-state index in [2.05, 4.69) is 98.1 Å². The van der Waals surface area contributed by atoms with E-state index in [4.69, 9.17) is 0 Å². The lowest BCUT2D eigenvalue weighted by molar-refractivity contribution is 1.64. The lowest BCUT2D eigenvalue weighted by Crippen LogP contribution is -1.82. The lowest BCUT2D eigenvalue weighted by atomic mass is 10.1. The minimum Gasteiger partial charge on any atom is -0.0522 e. The Hall–Kier alpha value is 0.890. The van der Waals surface area contributed by atoms with Gasteiger partial charge in [0, 0.05) is 10.7 Å². The molecule has 0 nitrogen and oxygen atoms in total. The molecular weight excluding hydrogens is 501 g/mol. The molecule has 0 aliphatic carbocycles. The predicted molar refractivity (Wildman–Crippen MR) is 82.1 cm³/mol. The normalized spacial score (nSPS) is 10.7. The first-order chi connectivity index (χ1) is 6.18. The van der Waals surface area contributed by atoms with Crippen molar-refractivity contribution in [1.82, 2.24) is 0 Å². The monoisotopic (exact) mass is 506 g/mol. The summed E-state index contributed by atoms with van der Waals surface area (Å²) >= 11 is 7.12. The summed E-state index contributed by atoms with van der Waals surface area (Å²) in [7, 11) is 0. The Morgan fingerprint density at radius 1 is 0.692 bits per heavy atom. The van der Waals surface area contributed by atoms with Crippen LogP contribution in [0.1, 0.15) is 0 Å². The second kappa shape index (κ2) is 4.18. The molecule has 0 spiro atoms. The van der Waals surface area contributed by atoms with E-state index in [1.54, 1.807) is 0 Å². The summed E-state index contributed by atoms with van der Waals surface area (Å²) in [5.41, 5.74) is 0. The van der Waals surface area contributed by atoms with Crippen molar-refractivity contribution in [3.8, 4) is 0 Å². The van der Waals surface area contributed by atoms with Crippen molar-refractivity contribution in [2.75, 3.05) is 0 Å². The SMILES string of the molecule is Ic1ccc2c(I)ccc(I)c2c1. The van der Waals surface area contributed by atoms with Crippen LogP contribution in [0.4, 0.5) is 0 Å². The highest BCUT2D eigenvalue weighted by Crippen LogP contribution is 2.26. The topological polar surface area (TPSA) is 0 Å². The molecule has 0 aliphatic rings. The number of benzene rings is 2. The van der Waals surface area contributed by atoms with Gasteiger partial charge in [-0.15, -0.1) is 0 Å². The predicted octanol–water partition coefficient (Wildman–Crippen LogP) is 4.65. The third-order valence-corrected chi connectivity index (χ3v) is 4.42. The van der Waals surface area contributed by atoms with E-state index in [9.17, 15) is 0 Å². The van der Waals surface area contributed by atoms with Crippen molar-refractivity contribution < 1.29 is 0 Å². The van der Waals surface area contributed by atoms with E-state index >= 15 is 0 Å². The number of rotatable bonds is 0. The van der Waals surface area contributed by atoms with Gasteiger partial charge in [-0.05, 0) is 103 Å². The second-order valence-corrected chi connectivity index (χ2v) is 6.29. The van der Waals surface area contributed by atoms with Gasteiger partial charge in [-0.3, -0.25) is 0 Å². The summed E-state index contributed by atoms with van der Waals surface area (Å²) < 4.78 is 3.95. The molecule has 0 radical (unpaired) electrons. The third-order valence-electron chi connectivity index (χ3n) is 1.87. The molecule has 2 aromatic carbocycles. The van der Waals surface area contributed by atoms with Crippen molar-refractivity contribution in [3.05, 3.63) is 41.0 Å². The first-order valence-corrected chi connectivity index (χ1v) is 6.95. The molecule has 0 atom stereocenters. The van der Waals surface area contributed by atoms with Crippen LogP contribution < -0.4 is 0 Å². The van der Waals surface area contributed by atoms with Gasteiger partial charge in [-0.2, -0.15) is 0 Å². The summed E-state index contributed by atoms with van der Waals surface area (Å²) in [6.07, 6.45) is 0. The molecule has 0 saturated carbocycles. The van der Waals surface area contributed by atoms with Crippen LogP contribution in [0.15, 0.2) is 30.3 Å². The van der Waals surface area contributed by atoms with Crippen LogP contribution in [0.5, 0.6) is 0 Å². The number of fused-ring (bicyclic) bond motifs is 1. The molecular formula is C10H5I3. The van der Waals surface area contributed by atoms with Gasteiger partial charge in [0.2, 0.25) is 0 Å². The average molecular weight is 506 g/mol. The molecule has 66 valence electrons. The minimum atomic E-state index is 1.30. The van der Waals surface area contributed by atoms with Gasteiger partial charge in [-0.1, -0.05) is 6.07 Å². The zero-order chi connectivity index (χ0) is 9.42. The van der Waals surface area contributed by atoms with Crippen molar-refractivity contribution in [2.45, 2.75) is 0 Å². The highest BCUT2D eigenvalue weighted by atomic mass is 127. The summed E-state index contributed by atoms with van der Waals surface area (Å²) in [5, 5.41) is 2.72. The Kier molecular flexibility index (Phi) is 3.34. The van der Waals surface area contributed by atoms with Crippen LogP contribution in [0, 0.1) is 10.7 Å². The highest BCUT2D eigenvalue weighted by molar-refractivity contribution is 14.1. The first kappa shape index (κ1) is 10.4. The molecule has 0 N–H and O–H groups in total. The summed E-state index contributed by atoms with van der Waals surface area (Å²) in [6.45, 7) is 0. The van der Waals surface area contributed by atoms with Gasteiger partial charge in [0.1, 0.15) is 0 Å². The van der Waals surface area contributed by atoms with E-state index in [0.29, 0.717) is 0 Å². The molecule has 2 rings (SSSR count). The average Bonchev–Trinajstić information content (AvgIpc) is 2.12. The van der Waals surface area contributed by atoms with Gasteiger partial charge in [0.05, 0.1) is 0 Å². The van der Waals surface area contributed by atoms with Crippen LogP contribution in [0.2, 0.25) is 0 Å². The quantitative estimate of drug-likeness (QED) is 0.457. The maximum atomic E-state index is 2.38. The van der Waals surface area contributed by atoms with Crippen molar-refractivity contribution in [2.24, 2.45) is 0 Å². The zero-order valence-corrected chi connectivity index (χ0v) is 13.0. The Labute approximate surface area is 118 Å². The molecule has 0 aliphatic heterocycles. The summed E-state index contributed by atoms with van der Waals surface area (Å²) in [4.78, 5) is 0. The van der Waals surface area contributed by atoms with Gasteiger partial charge in [-0.25, -0.2) is 0 Å². The highest BCUT2D eigenvalue weighted by Gasteiger charge is 2.02. The van der Waals surface area contributed by atoms with E-state index in [1.807, 2.05) is 0 Å². The number of halogens is 3. The molecule has 0 bridgehead atoms. The molecule has 0 heterocycles. The number of hydrogen-bond acceptors (Lipinski definition) is 0. The van der Waals surface area contributed by atoms with Gasteiger partial charge in [0.25, 0.3) is 0 Å². The molecule has 2 aromatic rings. The van der Waals surface area contributed by atoms with Crippen LogP contribution >= 0.6 is 67.8 Å². The Balaban J connectivity index is 2.92. The lowest BCUT2D eigenvalue weighted by Gasteiger charge is -2.03. The van der Waals surface area contributed by atoms with Crippen molar-refractivity contribution >= 4 is 78.5 Å².